The molecule has 26 heavy (non-hydrogen) atoms. The molecule has 1 saturated carbocycles. The minimum absolute atomic E-state index is 0.106. The smallest absolute Gasteiger partial charge is 0.255 e. The van der Waals surface area contributed by atoms with Crippen molar-refractivity contribution in [2.24, 2.45) is 0 Å². The van der Waals surface area contributed by atoms with Crippen molar-refractivity contribution >= 4 is 5.91 Å². The lowest BCUT2D eigenvalue weighted by molar-refractivity contribution is 0.0949. The molecule has 2 aromatic heterocycles. The molecule has 1 aliphatic carbocycles. The molecule has 140 valence electrons. The number of pyridine rings is 1. The molecule has 1 fully saturated rings. The Labute approximate surface area is 155 Å². The summed E-state index contributed by atoms with van der Waals surface area (Å²) < 4.78 is 7.47. The fraction of sp³-hybridized carbons (Fsp3) is 0.550. The van der Waals surface area contributed by atoms with Crippen molar-refractivity contribution < 1.29 is 9.53 Å². The van der Waals surface area contributed by atoms with Crippen molar-refractivity contribution in [1.29, 1.82) is 0 Å². The van der Waals surface area contributed by atoms with Crippen LogP contribution in [-0.4, -0.2) is 27.8 Å². The van der Waals surface area contributed by atoms with Crippen LogP contribution in [0.15, 0.2) is 12.4 Å². The van der Waals surface area contributed by atoms with Crippen molar-refractivity contribution in [2.45, 2.75) is 65.5 Å². The van der Waals surface area contributed by atoms with E-state index in [2.05, 4.69) is 15.4 Å². The third kappa shape index (κ3) is 3.59. The molecule has 2 heterocycles. The molecule has 1 aliphatic rings. The highest BCUT2D eigenvalue weighted by Crippen LogP contribution is 2.29. The summed E-state index contributed by atoms with van der Waals surface area (Å²) in [5, 5.41) is 7.47. The van der Waals surface area contributed by atoms with E-state index in [4.69, 9.17) is 4.74 Å². The van der Waals surface area contributed by atoms with Gasteiger partial charge in [0.15, 0.2) is 0 Å². The number of nitrogens with one attached hydrogen (secondary N) is 1. The van der Waals surface area contributed by atoms with E-state index >= 15 is 0 Å². The number of methoxy groups -OCH3 is 1. The van der Waals surface area contributed by atoms with Crippen molar-refractivity contribution in [2.75, 3.05) is 7.11 Å². The second-order valence-electron chi connectivity index (χ2n) is 7.11. The number of amides is 1. The quantitative estimate of drug-likeness (QED) is 0.888. The average Bonchev–Trinajstić information content (AvgIpc) is 3.03. The highest BCUT2D eigenvalue weighted by atomic mass is 16.5. The molecule has 3 rings (SSSR count). The van der Waals surface area contributed by atoms with E-state index in [1.54, 1.807) is 19.5 Å². The third-order valence-electron chi connectivity index (χ3n) is 5.38. The molecule has 2 aromatic rings. The van der Waals surface area contributed by atoms with Crippen LogP contribution in [0.25, 0.3) is 0 Å². The van der Waals surface area contributed by atoms with E-state index in [0.717, 1.165) is 41.1 Å². The molecular weight excluding hydrogens is 328 g/mol. The summed E-state index contributed by atoms with van der Waals surface area (Å²) in [6.45, 7) is 6.28. The van der Waals surface area contributed by atoms with Crippen molar-refractivity contribution in [3.8, 4) is 5.75 Å². The first-order valence-electron chi connectivity index (χ1n) is 9.34. The molecule has 0 saturated heterocycles. The molecule has 0 bridgehead atoms. The number of aryl methyl sites for hydroxylation is 1. The number of carbonyl (C=O) groups excluding carboxylic acids is 1. The summed E-state index contributed by atoms with van der Waals surface area (Å²) in [5.41, 5.74) is 4.36. The zero-order valence-electron chi connectivity index (χ0n) is 16.1. The monoisotopic (exact) mass is 356 g/mol. The van der Waals surface area contributed by atoms with Gasteiger partial charge in [-0.25, -0.2) is 0 Å². The lowest BCUT2D eigenvalue weighted by Gasteiger charge is -2.23. The largest absolute Gasteiger partial charge is 0.496 e. The molecule has 0 unspecified atom stereocenters. The average molecular weight is 356 g/mol. The summed E-state index contributed by atoms with van der Waals surface area (Å²) in [6, 6.07) is 0.426. The number of nitrogens with zero attached hydrogens (tertiary/aromatic N) is 3. The van der Waals surface area contributed by atoms with Gasteiger partial charge in [0.05, 0.1) is 37.2 Å². The van der Waals surface area contributed by atoms with Crippen LogP contribution in [0.3, 0.4) is 0 Å². The third-order valence-corrected chi connectivity index (χ3v) is 5.38. The van der Waals surface area contributed by atoms with E-state index < -0.39 is 0 Å². The van der Waals surface area contributed by atoms with E-state index in [1.165, 1.54) is 19.3 Å². The fourth-order valence-electron chi connectivity index (χ4n) is 3.85. The molecule has 0 atom stereocenters. The predicted octanol–water partition coefficient (Wildman–Crippen LogP) is 3.65. The highest BCUT2D eigenvalue weighted by Gasteiger charge is 2.21. The summed E-state index contributed by atoms with van der Waals surface area (Å²) in [5.74, 6) is 0.718. The van der Waals surface area contributed by atoms with Crippen LogP contribution in [0.5, 0.6) is 5.75 Å². The van der Waals surface area contributed by atoms with Gasteiger partial charge < -0.3 is 10.1 Å². The fourth-order valence-corrected chi connectivity index (χ4v) is 3.85. The van der Waals surface area contributed by atoms with Gasteiger partial charge in [0, 0.05) is 23.0 Å². The zero-order valence-corrected chi connectivity index (χ0v) is 16.1. The minimum atomic E-state index is -0.106. The minimum Gasteiger partial charge on any atom is -0.496 e. The predicted molar refractivity (Wildman–Crippen MR) is 101 cm³/mol. The van der Waals surface area contributed by atoms with Crippen LogP contribution >= 0.6 is 0 Å². The molecule has 6 nitrogen and oxygen atoms in total. The first-order valence-corrected chi connectivity index (χ1v) is 9.34. The second-order valence-corrected chi connectivity index (χ2v) is 7.11. The van der Waals surface area contributed by atoms with E-state index in [-0.39, 0.29) is 5.91 Å². The SMILES string of the molecule is COc1c(C)cnc(CNC(=O)c2cnn(C3CCCCC3)c2C)c1C. The van der Waals surface area contributed by atoms with Crippen LogP contribution in [0, 0.1) is 20.8 Å². The lowest BCUT2D eigenvalue weighted by Crippen LogP contribution is -2.25. The van der Waals surface area contributed by atoms with Gasteiger partial charge in [0.2, 0.25) is 0 Å². The summed E-state index contributed by atoms with van der Waals surface area (Å²) in [4.78, 5) is 17.1. The maximum Gasteiger partial charge on any atom is 0.255 e. The van der Waals surface area contributed by atoms with Crippen LogP contribution < -0.4 is 10.1 Å². The normalized spacial score (nSPS) is 15.1. The molecule has 1 N–H and O–H groups in total. The number of aromatic nitrogens is 3. The maximum atomic E-state index is 12.6. The van der Waals surface area contributed by atoms with Crippen LogP contribution in [-0.2, 0) is 6.54 Å². The van der Waals surface area contributed by atoms with Gasteiger partial charge >= 0.3 is 0 Å². The number of ether oxygens (including phenoxy) is 1. The topological polar surface area (TPSA) is 69.0 Å². The van der Waals surface area contributed by atoms with E-state index in [9.17, 15) is 4.79 Å². The number of hydrogen-bond donors (Lipinski definition) is 1. The Kier molecular flexibility index (Phi) is 5.59. The molecule has 0 spiro atoms. The molecule has 0 radical (unpaired) electrons. The Hall–Kier alpha value is -2.37. The number of carbonyl (C=O) groups is 1. The van der Waals surface area contributed by atoms with Gasteiger partial charge in [-0.05, 0) is 33.6 Å². The van der Waals surface area contributed by atoms with Gasteiger partial charge in [0.25, 0.3) is 5.91 Å². The van der Waals surface area contributed by atoms with Gasteiger partial charge in [-0.2, -0.15) is 5.10 Å². The van der Waals surface area contributed by atoms with Crippen LogP contribution in [0.1, 0.15) is 71.0 Å². The molecular formula is C20H28N4O2. The Balaban J connectivity index is 1.70. The van der Waals surface area contributed by atoms with Gasteiger partial charge in [-0.3, -0.25) is 14.5 Å². The Morgan fingerprint density at radius 1 is 1.23 bits per heavy atom. The van der Waals surface area contributed by atoms with Crippen molar-refractivity contribution in [3.63, 3.8) is 0 Å². The summed E-state index contributed by atoms with van der Waals surface area (Å²) in [7, 11) is 1.65. The zero-order chi connectivity index (χ0) is 18.7. The number of rotatable bonds is 5. The Morgan fingerprint density at radius 2 is 1.96 bits per heavy atom. The summed E-state index contributed by atoms with van der Waals surface area (Å²) >= 11 is 0. The summed E-state index contributed by atoms with van der Waals surface area (Å²) in [6.07, 6.45) is 9.55. The van der Waals surface area contributed by atoms with E-state index in [1.807, 2.05) is 25.5 Å². The van der Waals surface area contributed by atoms with Gasteiger partial charge in [0.1, 0.15) is 5.75 Å². The number of hydrogen-bond acceptors (Lipinski definition) is 4. The first-order chi connectivity index (χ1) is 12.5. The molecule has 6 heteroatoms. The van der Waals surface area contributed by atoms with Crippen LogP contribution in [0.2, 0.25) is 0 Å². The molecule has 0 aliphatic heterocycles. The van der Waals surface area contributed by atoms with Crippen molar-refractivity contribution in [3.05, 3.63) is 40.5 Å². The first kappa shape index (κ1) is 18.4. The lowest BCUT2D eigenvalue weighted by atomic mass is 9.95. The maximum absolute atomic E-state index is 12.6. The molecule has 1 amide bonds. The van der Waals surface area contributed by atoms with E-state index in [0.29, 0.717) is 18.2 Å². The van der Waals surface area contributed by atoms with Crippen molar-refractivity contribution in [1.82, 2.24) is 20.1 Å². The standard InChI is InChI=1S/C20H28N4O2/c1-13-10-21-18(14(2)19(13)26-4)12-22-20(25)17-11-23-24(15(17)3)16-8-6-5-7-9-16/h10-11,16H,5-9,12H2,1-4H3,(H,22,25). The Morgan fingerprint density at radius 3 is 2.65 bits per heavy atom. The Bertz CT molecular complexity index is 791. The van der Waals surface area contributed by atoms with Gasteiger partial charge in [-0.1, -0.05) is 19.3 Å². The van der Waals surface area contributed by atoms with Gasteiger partial charge in [-0.15, -0.1) is 0 Å². The highest BCUT2D eigenvalue weighted by molar-refractivity contribution is 5.95. The molecule has 0 aromatic carbocycles. The second kappa shape index (κ2) is 7.89. The van der Waals surface area contributed by atoms with Crippen LogP contribution in [0.4, 0.5) is 0 Å².